The van der Waals surface area contributed by atoms with E-state index in [1.807, 2.05) is 0 Å². The Hall–Kier alpha value is -1.60. The molecule has 2 aromatic rings. The van der Waals surface area contributed by atoms with Gasteiger partial charge in [0.15, 0.2) is 0 Å². The summed E-state index contributed by atoms with van der Waals surface area (Å²) in [6.45, 7) is 6.30. The average molecular weight is 252 g/mol. The summed E-state index contributed by atoms with van der Waals surface area (Å²) >= 11 is 0. The molecule has 19 heavy (non-hydrogen) atoms. The standard InChI is InChI=1S/C18H20O/c1-18(2,3)17(19)16-14-10-6-4-8-12(14)13-9-5-7-11-15(13)16/h4-11,16-17,19H,1-3H3. The lowest BCUT2D eigenvalue weighted by Crippen LogP contribution is -2.32. The lowest BCUT2D eigenvalue weighted by atomic mass is 9.77. The van der Waals surface area contributed by atoms with Crippen LogP contribution in [0.2, 0.25) is 0 Å². The van der Waals surface area contributed by atoms with Gasteiger partial charge in [-0.3, -0.25) is 0 Å². The second-order valence-electron chi connectivity index (χ2n) is 6.46. The van der Waals surface area contributed by atoms with Gasteiger partial charge < -0.3 is 5.11 Å². The molecule has 3 rings (SSSR count). The van der Waals surface area contributed by atoms with Gasteiger partial charge in [0.05, 0.1) is 6.10 Å². The summed E-state index contributed by atoms with van der Waals surface area (Å²) < 4.78 is 0. The molecule has 0 aromatic heterocycles. The molecule has 98 valence electrons. The van der Waals surface area contributed by atoms with E-state index in [1.54, 1.807) is 0 Å². The molecule has 1 aliphatic rings. The van der Waals surface area contributed by atoms with E-state index in [0.717, 1.165) is 0 Å². The van der Waals surface area contributed by atoms with Crippen molar-refractivity contribution in [3.05, 3.63) is 59.7 Å². The van der Waals surface area contributed by atoms with Crippen molar-refractivity contribution in [1.29, 1.82) is 0 Å². The third-order valence-electron chi connectivity index (χ3n) is 4.08. The zero-order valence-corrected chi connectivity index (χ0v) is 11.7. The van der Waals surface area contributed by atoms with Crippen LogP contribution in [0, 0.1) is 5.41 Å². The van der Waals surface area contributed by atoms with Crippen LogP contribution in [0.25, 0.3) is 11.1 Å². The zero-order chi connectivity index (χ0) is 13.6. The van der Waals surface area contributed by atoms with Crippen molar-refractivity contribution >= 4 is 0 Å². The molecule has 1 atom stereocenters. The van der Waals surface area contributed by atoms with E-state index in [0.29, 0.717) is 0 Å². The van der Waals surface area contributed by atoms with Crippen molar-refractivity contribution < 1.29 is 5.11 Å². The minimum absolute atomic E-state index is 0.0902. The maximum absolute atomic E-state index is 10.8. The predicted octanol–water partition coefficient (Wildman–Crippen LogP) is 4.21. The lowest BCUT2D eigenvalue weighted by Gasteiger charge is -2.32. The first-order valence-corrected chi connectivity index (χ1v) is 6.86. The van der Waals surface area contributed by atoms with Crippen LogP contribution in [-0.2, 0) is 0 Å². The van der Waals surface area contributed by atoms with Crippen molar-refractivity contribution in [3.8, 4) is 11.1 Å². The largest absolute Gasteiger partial charge is 0.392 e. The van der Waals surface area contributed by atoms with Crippen LogP contribution < -0.4 is 0 Å². The van der Waals surface area contributed by atoms with E-state index < -0.39 is 0 Å². The molecule has 0 bridgehead atoms. The van der Waals surface area contributed by atoms with Crippen LogP contribution in [0.5, 0.6) is 0 Å². The molecule has 1 N–H and O–H groups in total. The van der Waals surface area contributed by atoms with Crippen LogP contribution >= 0.6 is 0 Å². The summed E-state index contributed by atoms with van der Waals surface area (Å²) in [4.78, 5) is 0. The van der Waals surface area contributed by atoms with Crippen molar-refractivity contribution in [1.82, 2.24) is 0 Å². The molecular weight excluding hydrogens is 232 g/mol. The normalized spacial score (nSPS) is 16.0. The van der Waals surface area contributed by atoms with E-state index in [1.165, 1.54) is 22.3 Å². The Morgan fingerprint density at radius 1 is 0.842 bits per heavy atom. The smallest absolute Gasteiger partial charge is 0.0697 e. The first-order valence-electron chi connectivity index (χ1n) is 6.86. The summed E-state index contributed by atoms with van der Waals surface area (Å²) in [7, 11) is 0. The van der Waals surface area contributed by atoms with E-state index in [2.05, 4.69) is 69.3 Å². The molecule has 0 radical (unpaired) electrons. The summed E-state index contributed by atoms with van der Waals surface area (Å²) in [5, 5.41) is 10.8. The molecule has 1 heteroatoms. The van der Waals surface area contributed by atoms with E-state index in [-0.39, 0.29) is 17.4 Å². The van der Waals surface area contributed by atoms with Crippen molar-refractivity contribution in [3.63, 3.8) is 0 Å². The molecular formula is C18H20O. The predicted molar refractivity (Wildman–Crippen MR) is 79.2 cm³/mol. The first-order chi connectivity index (χ1) is 9.00. The van der Waals surface area contributed by atoms with Gasteiger partial charge in [0.25, 0.3) is 0 Å². The van der Waals surface area contributed by atoms with Gasteiger partial charge in [-0.2, -0.15) is 0 Å². The van der Waals surface area contributed by atoms with Crippen LogP contribution in [-0.4, -0.2) is 11.2 Å². The van der Waals surface area contributed by atoms with Gasteiger partial charge in [0.1, 0.15) is 0 Å². The second-order valence-corrected chi connectivity index (χ2v) is 6.46. The highest BCUT2D eigenvalue weighted by molar-refractivity contribution is 5.79. The fourth-order valence-electron chi connectivity index (χ4n) is 3.03. The van der Waals surface area contributed by atoms with Crippen LogP contribution in [0.4, 0.5) is 0 Å². The number of aliphatic hydroxyl groups is 1. The minimum Gasteiger partial charge on any atom is -0.392 e. The Morgan fingerprint density at radius 2 is 1.26 bits per heavy atom. The summed E-state index contributed by atoms with van der Waals surface area (Å²) in [5.74, 6) is 0.0902. The molecule has 1 aliphatic carbocycles. The Kier molecular flexibility index (Phi) is 2.75. The monoisotopic (exact) mass is 252 g/mol. The number of hydrogen-bond donors (Lipinski definition) is 1. The fraction of sp³-hybridized carbons (Fsp3) is 0.333. The Labute approximate surface area is 114 Å². The number of rotatable bonds is 1. The summed E-state index contributed by atoms with van der Waals surface area (Å²) in [6, 6.07) is 16.9. The molecule has 0 saturated carbocycles. The molecule has 0 fully saturated rings. The van der Waals surface area contributed by atoms with Crippen LogP contribution in [0.1, 0.15) is 37.8 Å². The lowest BCUT2D eigenvalue weighted by molar-refractivity contribution is 0.0500. The van der Waals surface area contributed by atoms with Crippen molar-refractivity contribution in [2.45, 2.75) is 32.8 Å². The van der Waals surface area contributed by atoms with Crippen molar-refractivity contribution in [2.24, 2.45) is 5.41 Å². The molecule has 0 saturated heterocycles. The maximum Gasteiger partial charge on any atom is 0.0697 e. The number of fused-ring (bicyclic) bond motifs is 3. The molecule has 1 unspecified atom stereocenters. The molecule has 0 aliphatic heterocycles. The highest BCUT2D eigenvalue weighted by atomic mass is 16.3. The van der Waals surface area contributed by atoms with Gasteiger partial charge in [0, 0.05) is 5.92 Å². The molecule has 1 nitrogen and oxygen atoms in total. The minimum atomic E-state index is -0.378. The maximum atomic E-state index is 10.8. The zero-order valence-electron chi connectivity index (χ0n) is 11.7. The van der Waals surface area contributed by atoms with Crippen LogP contribution in [0.3, 0.4) is 0 Å². The van der Waals surface area contributed by atoms with E-state index >= 15 is 0 Å². The van der Waals surface area contributed by atoms with Gasteiger partial charge in [-0.15, -0.1) is 0 Å². The second kappa shape index (κ2) is 4.21. The summed E-state index contributed by atoms with van der Waals surface area (Å²) in [6.07, 6.45) is -0.378. The van der Waals surface area contributed by atoms with Gasteiger partial charge in [-0.05, 0) is 27.7 Å². The molecule has 0 spiro atoms. The number of aliphatic hydroxyl groups excluding tert-OH is 1. The number of benzene rings is 2. The topological polar surface area (TPSA) is 20.2 Å². The van der Waals surface area contributed by atoms with Crippen molar-refractivity contribution in [2.75, 3.05) is 0 Å². The average Bonchev–Trinajstić information content (AvgIpc) is 2.71. The SMILES string of the molecule is CC(C)(C)C(O)C1c2ccccc2-c2ccccc21. The quantitative estimate of drug-likeness (QED) is 0.806. The van der Waals surface area contributed by atoms with E-state index in [4.69, 9.17) is 0 Å². The molecule has 2 aromatic carbocycles. The third kappa shape index (κ3) is 1.89. The van der Waals surface area contributed by atoms with Gasteiger partial charge in [0.2, 0.25) is 0 Å². The molecule has 0 amide bonds. The first kappa shape index (κ1) is 12.4. The molecule has 0 heterocycles. The Bertz CT molecular complexity index is 562. The van der Waals surface area contributed by atoms with Gasteiger partial charge in [-0.25, -0.2) is 0 Å². The van der Waals surface area contributed by atoms with Crippen LogP contribution in [0.15, 0.2) is 48.5 Å². The highest BCUT2D eigenvalue weighted by Gasteiger charge is 2.38. The Morgan fingerprint density at radius 3 is 1.68 bits per heavy atom. The van der Waals surface area contributed by atoms with Gasteiger partial charge >= 0.3 is 0 Å². The number of hydrogen-bond acceptors (Lipinski definition) is 1. The highest BCUT2D eigenvalue weighted by Crippen LogP contribution is 2.48. The fourth-order valence-corrected chi connectivity index (χ4v) is 3.03. The summed E-state index contributed by atoms with van der Waals surface area (Å²) in [5.41, 5.74) is 4.92. The third-order valence-corrected chi connectivity index (χ3v) is 4.08. The Balaban J connectivity index is 2.20. The van der Waals surface area contributed by atoms with E-state index in [9.17, 15) is 5.11 Å². The van der Waals surface area contributed by atoms with Gasteiger partial charge in [-0.1, -0.05) is 69.3 Å².